The predicted octanol–water partition coefficient (Wildman–Crippen LogP) is 1.87. The van der Waals surface area contributed by atoms with E-state index >= 15 is 0 Å². The van der Waals surface area contributed by atoms with Gasteiger partial charge in [0.1, 0.15) is 17.8 Å². The van der Waals surface area contributed by atoms with Crippen molar-refractivity contribution in [3.8, 4) is 17.3 Å². The van der Waals surface area contributed by atoms with Crippen molar-refractivity contribution in [1.82, 2.24) is 24.7 Å². The van der Waals surface area contributed by atoms with Gasteiger partial charge >= 0.3 is 5.97 Å². The Morgan fingerprint density at radius 1 is 1.29 bits per heavy atom. The maximum Gasteiger partial charge on any atom is 0.312 e. The van der Waals surface area contributed by atoms with Crippen molar-refractivity contribution in [3.05, 3.63) is 28.3 Å². The number of amides is 1. The highest BCUT2D eigenvalue weighted by Gasteiger charge is 2.19. The fraction of sp³-hybridized carbons (Fsp3) is 0.400. The van der Waals surface area contributed by atoms with E-state index in [9.17, 15) is 14.4 Å². The number of nitrogens with zero attached hydrogens (tertiary/aromatic N) is 4. The van der Waals surface area contributed by atoms with Crippen LogP contribution < -0.4 is 15.6 Å². The third-order valence-electron chi connectivity index (χ3n) is 4.39. The number of aliphatic carboxylic acids is 1. The molecule has 3 rings (SSSR count). The summed E-state index contributed by atoms with van der Waals surface area (Å²) in [5.74, 6) is -1.49. The molecule has 11 nitrogen and oxygen atoms in total. The fourth-order valence-corrected chi connectivity index (χ4v) is 3.13. The molecule has 0 spiro atoms. The molecular weight excluding hydrogens is 404 g/mol. The highest BCUT2D eigenvalue weighted by atomic mass is 16.5. The molecule has 0 aliphatic carbocycles. The number of carboxylic acid groups (broad SMARTS) is 1. The molecule has 11 heteroatoms. The Morgan fingerprint density at radius 2 is 2.06 bits per heavy atom. The van der Waals surface area contributed by atoms with E-state index in [0.29, 0.717) is 35.3 Å². The van der Waals surface area contributed by atoms with Crippen LogP contribution in [0.5, 0.6) is 5.88 Å². The number of nitrogens with one attached hydrogen (secondary N) is 2. The third kappa shape index (κ3) is 4.87. The van der Waals surface area contributed by atoms with Crippen molar-refractivity contribution in [3.63, 3.8) is 0 Å². The number of rotatable bonds is 9. The lowest BCUT2D eigenvalue weighted by Crippen LogP contribution is -2.16. The van der Waals surface area contributed by atoms with E-state index in [2.05, 4.69) is 25.4 Å². The van der Waals surface area contributed by atoms with Gasteiger partial charge in [0, 0.05) is 7.05 Å². The molecule has 3 heterocycles. The van der Waals surface area contributed by atoms with Gasteiger partial charge in [0.2, 0.25) is 11.8 Å². The molecule has 0 radical (unpaired) electrons. The van der Waals surface area contributed by atoms with E-state index < -0.39 is 18.3 Å². The summed E-state index contributed by atoms with van der Waals surface area (Å²) < 4.78 is 7.20. The number of fused-ring (bicyclic) bond motifs is 1. The van der Waals surface area contributed by atoms with Crippen molar-refractivity contribution >= 4 is 28.6 Å². The van der Waals surface area contributed by atoms with Gasteiger partial charge < -0.3 is 20.1 Å². The van der Waals surface area contributed by atoms with Gasteiger partial charge in [-0.2, -0.15) is 5.10 Å². The average molecular weight is 428 g/mol. The monoisotopic (exact) mass is 428 g/mol. The summed E-state index contributed by atoms with van der Waals surface area (Å²) >= 11 is 0. The largest absolute Gasteiger partial charge is 0.481 e. The minimum Gasteiger partial charge on any atom is -0.481 e. The Kier molecular flexibility index (Phi) is 6.63. The number of aryl methyl sites for hydroxylation is 2. The Morgan fingerprint density at radius 3 is 2.74 bits per heavy atom. The summed E-state index contributed by atoms with van der Waals surface area (Å²) in [4.78, 5) is 47.0. The Labute approximate surface area is 177 Å². The van der Waals surface area contributed by atoms with Crippen molar-refractivity contribution < 1.29 is 19.4 Å². The maximum absolute atomic E-state index is 12.8. The van der Waals surface area contributed by atoms with Crippen LogP contribution in [0.25, 0.3) is 22.4 Å². The van der Waals surface area contributed by atoms with Gasteiger partial charge in [-0.25, -0.2) is 9.97 Å². The summed E-state index contributed by atoms with van der Waals surface area (Å²) in [6, 6.07) is 1.54. The van der Waals surface area contributed by atoms with Crippen LogP contribution in [-0.4, -0.2) is 48.3 Å². The number of carbonyl (C=O) groups excluding carboxylic acids is 1. The highest BCUT2D eigenvalue weighted by molar-refractivity contribution is 6.01. The summed E-state index contributed by atoms with van der Waals surface area (Å²) in [5.41, 5.74) is 1.83. The number of carboxylic acids is 1. The van der Waals surface area contributed by atoms with Crippen LogP contribution >= 0.6 is 0 Å². The van der Waals surface area contributed by atoms with E-state index in [1.807, 2.05) is 13.8 Å². The minimum atomic E-state index is -1.25. The molecule has 0 aliphatic heterocycles. The summed E-state index contributed by atoms with van der Waals surface area (Å²) in [5, 5.41) is 15.7. The Bertz CT molecular complexity index is 1180. The number of aromatic amines is 1. The molecule has 3 N–H and O–H groups in total. The second-order valence-corrected chi connectivity index (χ2v) is 6.98. The van der Waals surface area contributed by atoms with Gasteiger partial charge in [-0.1, -0.05) is 20.3 Å². The number of carbonyl (C=O) groups is 2. The molecule has 31 heavy (non-hydrogen) atoms. The lowest BCUT2D eigenvalue weighted by Gasteiger charge is -2.12. The van der Waals surface area contributed by atoms with E-state index in [1.165, 1.54) is 16.9 Å². The number of pyridine rings is 1. The summed E-state index contributed by atoms with van der Waals surface area (Å²) in [7, 11) is 1.69. The molecule has 0 unspecified atom stereocenters. The zero-order valence-electron chi connectivity index (χ0n) is 17.6. The van der Waals surface area contributed by atoms with Gasteiger partial charge in [0.15, 0.2) is 5.52 Å². The molecule has 0 aromatic carbocycles. The first-order chi connectivity index (χ1) is 14.8. The zero-order chi connectivity index (χ0) is 22.5. The van der Waals surface area contributed by atoms with Gasteiger partial charge in [-0.15, -0.1) is 0 Å². The van der Waals surface area contributed by atoms with Crippen molar-refractivity contribution in [2.45, 2.75) is 39.5 Å². The third-order valence-corrected chi connectivity index (χ3v) is 4.39. The van der Waals surface area contributed by atoms with Gasteiger partial charge in [-0.05, 0) is 18.9 Å². The summed E-state index contributed by atoms with van der Waals surface area (Å²) in [6.45, 7) is 4.35. The second-order valence-electron chi connectivity index (χ2n) is 6.98. The molecule has 0 saturated heterocycles. The standard InChI is InChI=1S/C20H24N6O5/c1-4-6-13-16-17(26(3)25-13)19(30)24-18(23-16)12-8-11(22-14(27)9-15(28)29)10-21-20(12)31-7-5-2/h8,10H,4-7,9H2,1-3H3,(H,22,27)(H,28,29)(H,23,24,30). The molecule has 164 valence electrons. The molecule has 1 amide bonds. The zero-order valence-corrected chi connectivity index (χ0v) is 17.6. The SMILES string of the molecule is CCCOc1ncc(NC(=O)CC(=O)O)cc1-c1nc2c(CCC)nn(C)c2c(=O)[nH]1. The van der Waals surface area contributed by atoms with E-state index in [0.717, 1.165) is 12.8 Å². The predicted molar refractivity (Wildman–Crippen MR) is 113 cm³/mol. The van der Waals surface area contributed by atoms with Crippen molar-refractivity contribution in [1.29, 1.82) is 0 Å². The number of aromatic nitrogens is 5. The first kappa shape index (κ1) is 21.9. The molecular formula is C20H24N6O5. The van der Waals surface area contributed by atoms with Gasteiger partial charge in [0.05, 0.1) is 29.7 Å². The smallest absolute Gasteiger partial charge is 0.312 e. The van der Waals surface area contributed by atoms with Crippen molar-refractivity contribution in [2.24, 2.45) is 7.05 Å². The highest BCUT2D eigenvalue weighted by Crippen LogP contribution is 2.29. The van der Waals surface area contributed by atoms with Crippen LogP contribution in [-0.2, 0) is 23.1 Å². The quantitative estimate of drug-likeness (QED) is 0.437. The molecule has 0 aliphatic rings. The van der Waals surface area contributed by atoms with Crippen LogP contribution in [0.1, 0.15) is 38.8 Å². The van der Waals surface area contributed by atoms with Gasteiger partial charge in [-0.3, -0.25) is 19.1 Å². The molecule has 3 aromatic heterocycles. The molecule has 0 bridgehead atoms. The number of hydrogen-bond donors (Lipinski definition) is 3. The normalized spacial score (nSPS) is 10.9. The second kappa shape index (κ2) is 9.37. The lowest BCUT2D eigenvalue weighted by atomic mass is 10.2. The van der Waals surface area contributed by atoms with Crippen molar-refractivity contribution in [2.75, 3.05) is 11.9 Å². The topological polar surface area (TPSA) is 152 Å². The van der Waals surface area contributed by atoms with Crippen LogP contribution in [0.2, 0.25) is 0 Å². The first-order valence-corrected chi connectivity index (χ1v) is 9.94. The lowest BCUT2D eigenvalue weighted by molar-refractivity contribution is -0.139. The number of hydrogen-bond acceptors (Lipinski definition) is 7. The number of anilines is 1. The van der Waals surface area contributed by atoms with E-state index in [4.69, 9.17) is 9.84 Å². The van der Waals surface area contributed by atoms with Crippen LogP contribution in [0.3, 0.4) is 0 Å². The van der Waals surface area contributed by atoms with Crippen LogP contribution in [0, 0.1) is 0 Å². The Hall–Kier alpha value is -3.76. The average Bonchev–Trinajstić information content (AvgIpc) is 3.02. The van der Waals surface area contributed by atoms with E-state index in [-0.39, 0.29) is 23.0 Å². The number of H-pyrrole nitrogens is 1. The van der Waals surface area contributed by atoms with Crippen LogP contribution in [0.4, 0.5) is 5.69 Å². The van der Waals surface area contributed by atoms with Crippen LogP contribution in [0.15, 0.2) is 17.1 Å². The molecule has 0 saturated carbocycles. The molecule has 0 atom stereocenters. The molecule has 3 aromatic rings. The minimum absolute atomic E-state index is 0.218. The van der Waals surface area contributed by atoms with Gasteiger partial charge in [0.25, 0.3) is 5.56 Å². The molecule has 0 fully saturated rings. The Balaban J connectivity index is 2.12. The summed E-state index contributed by atoms with van der Waals surface area (Å²) in [6.07, 6.45) is 2.92. The fourth-order valence-electron chi connectivity index (χ4n) is 3.13. The number of ether oxygens (including phenoxy) is 1. The van der Waals surface area contributed by atoms with E-state index in [1.54, 1.807) is 7.05 Å². The first-order valence-electron chi connectivity index (χ1n) is 9.94. The maximum atomic E-state index is 12.8.